The SMILES string of the molecule is C=CCOc1ccc(CN[C@H](CC(C)C)C(=O)O)cc1OC. The van der Waals surface area contributed by atoms with E-state index in [2.05, 4.69) is 11.9 Å². The van der Waals surface area contributed by atoms with Crippen molar-refractivity contribution in [3.8, 4) is 11.5 Å². The van der Waals surface area contributed by atoms with Crippen molar-refractivity contribution in [3.05, 3.63) is 36.4 Å². The summed E-state index contributed by atoms with van der Waals surface area (Å²) < 4.78 is 10.8. The predicted octanol–water partition coefficient (Wildman–Crippen LogP) is 2.85. The van der Waals surface area contributed by atoms with Crippen LogP contribution in [0.5, 0.6) is 11.5 Å². The van der Waals surface area contributed by atoms with E-state index in [0.717, 1.165) is 5.56 Å². The zero-order valence-corrected chi connectivity index (χ0v) is 13.5. The van der Waals surface area contributed by atoms with E-state index >= 15 is 0 Å². The van der Waals surface area contributed by atoms with Crippen LogP contribution in [0.4, 0.5) is 0 Å². The van der Waals surface area contributed by atoms with E-state index in [-0.39, 0.29) is 0 Å². The van der Waals surface area contributed by atoms with Gasteiger partial charge in [0.2, 0.25) is 0 Å². The van der Waals surface area contributed by atoms with Gasteiger partial charge in [-0.1, -0.05) is 32.6 Å². The lowest BCUT2D eigenvalue weighted by Crippen LogP contribution is -2.37. The van der Waals surface area contributed by atoms with Gasteiger partial charge >= 0.3 is 5.97 Å². The molecule has 1 aromatic carbocycles. The van der Waals surface area contributed by atoms with Crippen LogP contribution in [0.2, 0.25) is 0 Å². The van der Waals surface area contributed by atoms with Crippen LogP contribution in [0.1, 0.15) is 25.8 Å². The molecule has 0 fully saturated rings. The van der Waals surface area contributed by atoms with Crippen molar-refractivity contribution in [2.24, 2.45) is 5.92 Å². The Morgan fingerprint density at radius 3 is 2.68 bits per heavy atom. The Balaban J connectivity index is 2.72. The van der Waals surface area contributed by atoms with E-state index in [9.17, 15) is 9.90 Å². The molecule has 0 radical (unpaired) electrons. The molecule has 1 atom stereocenters. The molecule has 5 heteroatoms. The van der Waals surface area contributed by atoms with Crippen LogP contribution in [0, 0.1) is 5.92 Å². The van der Waals surface area contributed by atoms with Gasteiger partial charge < -0.3 is 19.9 Å². The van der Waals surface area contributed by atoms with E-state index in [0.29, 0.717) is 37.0 Å². The van der Waals surface area contributed by atoms with E-state index in [1.54, 1.807) is 13.2 Å². The monoisotopic (exact) mass is 307 g/mol. The smallest absolute Gasteiger partial charge is 0.320 e. The highest BCUT2D eigenvalue weighted by Crippen LogP contribution is 2.28. The molecule has 0 bridgehead atoms. The maximum Gasteiger partial charge on any atom is 0.320 e. The molecular weight excluding hydrogens is 282 g/mol. The van der Waals surface area contributed by atoms with Crippen LogP contribution in [-0.2, 0) is 11.3 Å². The maximum atomic E-state index is 11.2. The van der Waals surface area contributed by atoms with Crippen molar-refractivity contribution in [2.45, 2.75) is 32.9 Å². The molecule has 22 heavy (non-hydrogen) atoms. The minimum atomic E-state index is -0.827. The molecule has 122 valence electrons. The molecular formula is C17H25NO4. The van der Waals surface area contributed by atoms with Gasteiger partial charge in [0.15, 0.2) is 11.5 Å². The Morgan fingerprint density at radius 2 is 2.14 bits per heavy atom. The third kappa shape index (κ3) is 5.77. The molecule has 0 unspecified atom stereocenters. The molecule has 0 spiro atoms. The van der Waals surface area contributed by atoms with Gasteiger partial charge in [-0.15, -0.1) is 0 Å². The summed E-state index contributed by atoms with van der Waals surface area (Å²) in [6, 6.07) is 5.00. The number of methoxy groups -OCH3 is 1. The lowest BCUT2D eigenvalue weighted by atomic mass is 10.0. The summed E-state index contributed by atoms with van der Waals surface area (Å²) >= 11 is 0. The van der Waals surface area contributed by atoms with Crippen molar-refractivity contribution < 1.29 is 19.4 Å². The van der Waals surface area contributed by atoms with Crippen molar-refractivity contribution >= 4 is 5.97 Å². The van der Waals surface area contributed by atoms with Gasteiger partial charge in [0.05, 0.1) is 7.11 Å². The predicted molar refractivity (Wildman–Crippen MR) is 86.4 cm³/mol. The molecule has 0 saturated carbocycles. The van der Waals surface area contributed by atoms with Crippen LogP contribution in [0.3, 0.4) is 0 Å². The molecule has 0 amide bonds. The molecule has 0 saturated heterocycles. The Labute approximate surface area is 131 Å². The van der Waals surface area contributed by atoms with Crippen LogP contribution < -0.4 is 14.8 Å². The van der Waals surface area contributed by atoms with E-state index in [1.165, 1.54) is 0 Å². The highest BCUT2D eigenvalue weighted by atomic mass is 16.5. The summed E-state index contributed by atoms with van der Waals surface area (Å²) in [7, 11) is 1.58. The summed E-state index contributed by atoms with van der Waals surface area (Å²) in [4.78, 5) is 11.2. The van der Waals surface area contributed by atoms with Crippen LogP contribution in [-0.4, -0.2) is 30.8 Å². The number of nitrogens with one attached hydrogen (secondary N) is 1. The average Bonchev–Trinajstić information content (AvgIpc) is 2.49. The summed E-state index contributed by atoms with van der Waals surface area (Å²) in [5, 5.41) is 12.3. The van der Waals surface area contributed by atoms with Gasteiger partial charge in [0.1, 0.15) is 12.6 Å². The van der Waals surface area contributed by atoms with Crippen molar-refractivity contribution in [1.82, 2.24) is 5.32 Å². The van der Waals surface area contributed by atoms with Crippen molar-refractivity contribution in [1.29, 1.82) is 0 Å². The number of carboxylic acid groups (broad SMARTS) is 1. The highest BCUT2D eigenvalue weighted by molar-refractivity contribution is 5.73. The molecule has 1 aromatic rings. The quantitative estimate of drug-likeness (QED) is 0.651. The van der Waals surface area contributed by atoms with Gasteiger partial charge in [0, 0.05) is 6.54 Å². The molecule has 0 aliphatic rings. The average molecular weight is 307 g/mol. The minimum Gasteiger partial charge on any atom is -0.493 e. The number of hydrogen-bond donors (Lipinski definition) is 2. The topological polar surface area (TPSA) is 67.8 Å². The Hall–Kier alpha value is -2.01. The van der Waals surface area contributed by atoms with E-state index in [1.807, 2.05) is 32.0 Å². The third-order valence-electron chi connectivity index (χ3n) is 3.14. The minimum absolute atomic E-state index is 0.317. The first-order valence-electron chi connectivity index (χ1n) is 7.34. The fraction of sp³-hybridized carbons (Fsp3) is 0.471. The summed E-state index contributed by atoms with van der Waals surface area (Å²) in [5.74, 6) is 0.754. The second kappa shape index (κ2) is 9.10. The first-order chi connectivity index (χ1) is 10.5. The number of aliphatic carboxylic acids is 1. The Kier molecular flexibility index (Phi) is 7.46. The summed E-state index contributed by atoms with van der Waals surface area (Å²) in [5.41, 5.74) is 0.942. The molecule has 0 heterocycles. The van der Waals surface area contributed by atoms with Gasteiger partial charge in [-0.25, -0.2) is 0 Å². The lowest BCUT2D eigenvalue weighted by molar-refractivity contribution is -0.140. The van der Waals surface area contributed by atoms with E-state index in [4.69, 9.17) is 9.47 Å². The fourth-order valence-electron chi connectivity index (χ4n) is 2.07. The van der Waals surface area contributed by atoms with Gasteiger partial charge in [-0.05, 0) is 30.0 Å². The first-order valence-corrected chi connectivity index (χ1v) is 7.34. The number of hydrogen-bond acceptors (Lipinski definition) is 4. The van der Waals surface area contributed by atoms with Crippen LogP contribution in [0.15, 0.2) is 30.9 Å². The third-order valence-corrected chi connectivity index (χ3v) is 3.14. The van der Waals surface area contributed by atoms with Gasteiger partial charge in [-0.2, -0.15) is 0 Å². The molecule has 1 rings (SSSR count). The van der Waals surface area contributed by atoms with E-state index < -0.39 is 12.0 Å². The molecule has 0 aromatic heterocycles. The highest BCUT2D eigenvalue weighted by Gasteiger charge is 2.18. The number of carbonyl (C=O) groups is 1. The molecule has 0 aliphatic heterocycles. The van der Waals surface area contributed by atoms with Crippen molar-refractivity contribution in [3.63, 3.8) is 0 Å². The molecule has 5 nitrogen and oxygen atoms in total. The Morgan fingerprint density at radius 1 is 1.41 bits per heavy atom. The second-order valence-electron chi connectivity index (χ2n) is 5.49. The number of carboxylic acids is 1. The van der Waals surface area contributed by atoms with Gasteiger partial charge in [0.25, 0.3) is 0 Å². The number of benzene rings is 1. The molecule has 0 aliphatic carbocycles. The summed E-state index contributed by atoms with van der Waals surface area (Å²) in [6.45, 7) is 8.49. The summed E-state index contributed by atoms with van der Waals surface area (Å²) in [6.07, 6.45) is 2.26. The normalized spacial score (nSPS) is 12.0. The largest absolute Gasteiger partial charge is 0.493 e. The van der Waals surface area contributed by atoms with Crippen LogP contribution >= 0.6 is 0 Å². The zero-order chi connectivity index (χ0) is 16.5. The van der Waals surface area contributed by atoms with Crippen molar-refractivity contribution in [2.75, 3.05) is 13.7 Å². The molecule has 2 N–H and O–H groups in total. The number of ether oxygens (including phenoxy) is 2. The Bertz CT molecular complexity index is 499. The number of rotatable bonds is 10. The van der Waals surface area contributed by atoms with Crippen LogP contribution in [0.25, 0.3) is 0 Å². The first kappa shape index (κ1) is 18.0. The fourth-order valence-corrected chi connectivity index (χ4v) is 2.07. The van der Waals surface area contributed by atoms with Gasteiger partial charge in [-0.3, -0.25) is 4.79 Å². The zero-order valence-electron chi connectivity index (χ0n) is 13.5. The maximum absolute atomic E-state index is 11.2. The standard InChI is InChI=1S/C17H25NO4/c1-5-8-22-15-7-6-13(10-16(15)21-4)11-18-14(17(19)20)9-12(2)3/h5-7,10,12,14,18H,1,8-9,11H2,2-4H3,(H,19,20)/t14-/m1/s1. The second-order valence-corrected chi connectivity index (χ2v) is 5.49. The lowest BCUT2D eigenvalue weighted by Gasteiger charge is -2.17.